The standard InChI is InChI=1S/C31H30F3N5O5/c1-3-22-28-19-13-12-18(35-31(41)43-2)15-23(19)36-26(40)10-5-4-7-20(29(37-22)38-28)24-14-11-17(16-39(24)42)27-21(32)8-6-9-25(27)44-30(33)34/h6,8-9,11-16,20,30H,3-5,7,10H2,1-2H3,(H,35,41)(H,36,40)(H,37,38)/t20-/m1/s1. The second-order valence-corrected chi connectivity index (χ2v) is 10.2. The summed E-state index contributed by atoms with van der Waals surface area (Å²) in [6, 6.07) is 11.6. The van der Waals surface area contributed by atoms with E-state index in [0.717, 1.165) is 18.0 Å². The fourth-order valence-electron chi connectivity index (χ4n) is 5.33. The van der Waals surface area contributed by atoms with E-state index in [4.69, 9.17) is 4.98 Å². The number of aromatic nitrogens is 3. The van der Waals surface area contributed by atoms with Gasteiger partial charge in [-0.3, -0.25) is 10.1 Å². The van der Waals surface area contributed by atoms with Crippen molar-refractivity contribution in [1.29, 1.82) is 0 Å². The number of nitrogens with zero attached hydrogens (tertiary/aromatic N) is 2. The van der Waals surface area contributed by atoms with Gasteiger partial charge in [-0.2, -0.15) is 13.5 Å². The number of aromatic amines is 1. The van der Waals surface area contributed by atoms with Crippen molar-refractivity contribution < 1.29 is 37.0 Å². The maximum atomic E-state index is 14.8. The molecule has 2 amide bonds. The molecule has 5 rings (SSSR count). The molecule has 44 heavy (non-hydrogen) atoms. The van der Waals surface area contributed by atoms with E-state index in [1.807, 2.05) is 6.92 Å². The Balaban J connectivity index is 1.58. The van der Waals surface area contributed by atoms with Crippen LogP contribution in [0.5, 0.6) is 5.75 Å². The van der Waals surface area contributed by atoms with Gasteiger partial charge in [0.25, 0.3) is 0 Å². The third-order valence-electron chi connectivity index (χ3n) is 7.39. The molecule has 230 valence electrons. The molecule has 0 aliphatic carbocycles. The summed E-state index contributed by atoms with van der Waals surface area (Å²) in [6.45, 7) is -1.23. The molecule has 1 atom stereocenters. The number of aryl methyl sites for hydroxylation is 1. The van der Waals surface area contributed by atoms with E-state index in [1.165, 1.54) is 31.4 Å². The molecule has 13 heteroatoms. The summed E-state index contributed by atoms with van der Waals surface area (Å²) in [4.78, 5) is 32.9. The number of anilines is 2. The van der Waals surface area contributed by atoms with Gasteiger partial charge in [-0.15, -0.1) is 0 Å². The van der Waals surface area contributed by atoms with Crippen molar-refractivity contribution in [2.75, 3.05) is 17.7 Å². The van der Waals surface area contributed by atoms with Gasteiger partial charge >= 0.3 is 12.7 Å². The first-order valence-corrected chi connectivity index (χ1v) is 14.0. The maximum Gasteiger partial charge on any atom is 0.411 e. The van der Waals surface area contributed by atoms with E-state index in [-0.39, 0.29) is 29.2 Å². The summed E-state index contributed by atoms with van der Waals surface area (Å²) < 4.78 is 50.5. The third kappa shape index (κ3) is 6.46. The fraction of sp³-hybridized carbons (Fsp3) is 0.290. The normalized spacial score (nSPS) is 15.0. The van der Waals surface area contributed by atoms with Crippen LogP contribution in [0.4, 0.5) is 29.3 Å². The van der Waals surface area contributed by atoms with E-state index in [0.29, 0.717) is 64.6 Å². The van der Waals surface area contributed by atoms with Gasteiger partial charge in [0.05, 0.1) is 29.6 Å². The lowest BCUT2D eigenvalue weighted by molar-refractivity contribution is -0.614. The minimum atomic E-state index is -3.17. The molecule has 4 aromatic rings. The van der Waals surface area contributed by atoms with Crippen LogP contribution in [0.15, 0.2) is 54.7 Å². The highest BCUT2D eigenvalue weighted by atomic mass is 19.3. The molecule has 2 aromatic carbocycles. The zero-order valence-electron chi connectivity index (χ0n) is 24.0. The zero-order chi connectivity index (χ0) is 31.4. The van der Waals surface area contributed by atoms with E-state index in [9.17, 15) is 28.0 Å². The van der Waals surface area contributed by atoms with Gasteiger partial charge in [0.15, 0.2) is 6.20 Å². The molecule has 2 bridgehead atoms. The van der Waals surface area contributed by atoms with Crippen molar-refractivity contribution in [2.24, 2.45) is 0 Å². The minimum Gasteiger partial charge on any atom is -0.618 e. The second kappa shape index (κ2) is 13.1. The molecule has 0 saturated heterocycles. The van der Waals surface area contributed by atoms with Crippen LogP contribution in [-0.4, -0.2) is 35.7 Å². The van der Waals surface area contributed by atoms with Crippen LogP contribution in [0.25, 0.3) is 22.4 Å². The first-order valence-electron chi connectivity index (χ1n) is 14.0. The van der Waals surface area contributed by atoms with E-state index in [2.05, 4.69) is 25.1 Å². The number of rotatable bonds is 6. The lowest BCUT2D eigenvalue weighted by atomic mass is 9.95. The molecule has 3 N–H and O–H groups in total. The van der Waals surface area contributed by atoms with Crippen molar-refractivity contribution in [3.63, 3.8) is 0 Å². The number of carbonyl (C=O) groups is 2. The lowest BCUT2D eigenvalue weighted by Crippen LogP contribution is -2.34. The maximum absolute atomic E-state index is 14.8. The number of methoxy groups -OCH3 is 1. The van der Waals surface area contributed by atoms with Crippen LogP contribution in [0.1, 0.15) is 55.7 Å². The van der Waals surface area contributed by atoms with Crippen molar-refractivity contribution >= 4 is 23.4 Å². The number of ether oxygens (including phenoxy) is 2. The second-order valence-electron chi connectivity index (χ2n) is 10.2. The van der Waals surface area contributed by atoms with Gasteiger partial charge in [0.2, 0.25) is 11.6 Å². The molecule has 0 spiro atoms. The third-order valence-corrected chi connectivity index (χ3v) is 7.39. The molecule has 2 aromatic heterocycles. The van der Waals surface area contributed by atoms with Crippen LogP contribution < -0.4 is 20.1 Å². The summed E-state index contributed by atoms with van der Waals surface area (Å²) in [7, 11) is 1.25. The Bertz CT molecular complexity index is 1690. The number of nitrogens with one attached hydrogen (secondary N) is 3. The summed E-state index contributed by atoms with van der Waals surface area (Å²) >= 11 is 0. The highest BCUT2D eigenvalue weighted by Crippen LogP contribution is 2.37. The number of amides is 2. The Labute approximate surface area is 250 Å². The van der Waals surface area contributed by atoms with Crippen LogP contribution in [0, 0.1) is 11.0 Å². The number of benzene rings is 2. The molecule has 0 fully saturated rings. The first kappa shape index (κ1) is 30.4. The Morgan fingerprint density at radius 2 is 2.02 bits per heavy atom. The monoisotopic (exact) mass is 609 g/mol. The molecule has 10 nitrogen and oxygen atoms in total. The van der Waals surface area contributed by atoms with Gasteiger partial charge < -0.3 is 25.0 Å². The molecule has 1 aliphatic rings. The van der Waals surface area contributed by atoms with Crippen molar-refractivity contribution in [1.82, 2.24) is 9.97 Å². The number of carbonyl (C=O) groups excluding carboxylic acids is 2. The van der Waals surface area contributed by atoms with Gasteiger partial charge in [-0.1, -0.05) is 19.4 Å². The number of H-pyrrole nitrogens is 1. The number of hydrogen-bond donors (Lipinski definition) is 3. The number of imidazole rings is 1. The molecule has 0 radical (unpaired) electrons. The molecule has 0 saturated carbocycles. The van der Waals surface area contributed by atoms with Gasteiger partial charge in [0, 0.05) is 29.4 Å². The van der Waals surface area contributed by atoms with E-state index >= 15 is 0 Å². The van der Waals surface area contributed by atoms with E-state index in [1.54, 1.807) is 18.2 Å². The molecule has 1 aliphatic heterocycles. The highest BCUT2D eigenvalue weighted by molar-refractivity contribution is 5.97. The summed E-state index contributed by atoms with van der Waals surface area (Å²) in [6.07, 6.45) is 2.82. The fourth-order valence-corrected chi connectivity index (χ4v) is 5.33. The summed E-state index contributed by atoms with van der Waals surface area (Å²) in [5.74, 6) is -1.42. The van der Waals surface area contributed by atoms with Crippen molar-refractivity contribution in [3.8, 4) is 28.1 Å². The molecule has 0 unspecified atom stereocenters. The Kier molecular flexibility index (Phi) is 9.02. The zero-order valence-corrected chi connectivity index (χ0v) is 24.0. The number of hydrogen-bond acceptors (Lipinski definition) is 6. The number of alkyl halides is 2. The summed E-state index contributed by atoms with van der Waals surface area (Å²) in [5.41, 5.74) is 2.95. The smallest absolute Gasteiger partial charge is 0.411 e. The Hall–Kier alpha value is -5.07. The average Bonchev–Trinajstić information content (AvgIpc) is 3.41. The van der Waals surface area contributed by atoms with Gasteiger partial charge in [-0.05, 0) is 55.7 Å². The Morgan fingerprint density at radius 1 is 1.20 bits per heavy atom. The van der Waals surface area contributed by atoms with Crippen molar-refractivity contribution in [3.05, 3.63) is 83.0 Å². The molecular formula is C31H30F3N5O5. The quantitative estimate of drug-likeness (QED) is 0.169. The molecule has 3 heterocycles. The number of halogens is 3. The van der Waals surface area contributed by atoms with Crippen molar-refractivity contribution in [2.45, 2.75) is 51.6 Å². The van der Waals surface area contributed by atoms with Crippen LogP contribution in [0.2, 0.25) is 0 Å². The predicted molar refractivity (Wildman–Crippen MR) is 156 cm³/mol. The first-order chi connectivity index (χ1) is 21.2. The van der Waals surface area contributed by atoms with E-state index < -0.39 is 24.4 Å². The topological polar surface area (TPSA) is 132 Å². The number of pyridine rings is 1. The SMILES string of the molecule is CCc1[nH]c2nc1-c1ccc(NC(=O)OC)cc1NC(=O)CCCC[C@@H]2c1ccc(-c2c(F)cccc2OC(F)F)c[n+]1[O-]. The highest BCUT2D eigenvalue weighted by Gasteiger charge is 2.29. The van der Waals surface area contributed by atoms with Gasteiger partial charge in [0.1, 0.15) is 23.3 Å². The Morgan fingerprint density at radius 3 is 2.75 bits per heavy atom. The van der Waals surface area contributed by atoms with Crippen LogP contribution in [0.3, 0.4) is 0 Å². The average molecular weight is 610 g/mol. The van der Waals surface area contributed by atoms with Crippen LogP contribution >= 0.6 is 0 Å². The van der Waals surface area contributed by atoms with Gasteiger partial charge in [-0.25, -0.2) is 14.2 Å². The van der Waals surface area contributed by atoms with Crippen LogP contribution in [-0.2, 0) is 16.0 Å². The largest absolute Gasteiger partial charge is 0.618 e. The summed E-state index contributed by atoms with van der Waals surface area (Å²) in [5, 5.41) is 19.0. The predicted octanol–water partition coefficient (Wildman–Crippen LogP) is 6.50. The number of fused-ring (bicyclic) bond motifs is 4. The molecular weight excluding hydrogens is 579 g/mol. The minimum absolute atomic E-state index is 0.0713. The lowest BCUT2D eigenvalue weighted by Gasteiger charge is -2.17.